The van der Waals surface area contributed by atoms with Crippen LogP contribution in [0.5, 0.6) is 0 Å². The third-order valence-electron chi connectivity index (χ3n) is 1.86. The van der Waals surface area contributed by atoms with Crippen LogP contribution in [0, 0.1) is 0 Å². The zero-order valence-electron chi connectivity index (χ0n) is 8.78. The number of nitrogens with one attached hydrogen (secondary N) is 1. The van der Waals surface area contributed by atoms with E-state index in [9.17, 15) is 13.5 Å². The zero-order chi connectivity index (χ0) is 11.2. The van der Waals surface area contributed by atoms with Crippen LogP contribution in [-0.4, -0.2) is 38.0 Å². The quantitative estimate of drug-likeness (QED) is 0.504. The molecule has 0 saturated heterocycles. The average molecular weight is 224 g/mol. The molecule has 0 bridgehead atoms. The summed E-state index contributed by atoms with van der Waals surface area (Å²) in [7, 11) is -3.40. The second kappa shape index (κ2) is 5.65. The molecule has 86 valence electrons. The SMILES string of the molecule is CCCC(C)(O)CNCCS(N)(=O)=O. The lowest BCUT2D eigenvalue weighted by molar-refractivity contribution is 0.0507. The van der Waals surface area contributed by atoms with E-state index in [1.54, 1.807) is 6.92 Å². The van der Waals surface area contributed by atoms with E-state index in [4.69, 9.17) is 5.14 Å². The molecule has 0 radical (unpaired) electrons. The highest BCUT2D eigenvalue weighted by Gasteiger charge is 2.18. The molecule has 0 fully saturated rings. The van der Waals surface area contributed by atoms with Gasteiger partial charge in [-0.1, -0.05) is 13.3 Å². The van der Waals surface area contributed by atoms with Gasteiger partial charge in [0.25, 0.3) is 0 Å². The van der Waals surface area contributed by atoms with Gasteiger partial charge in [-0.3, -0.25) is 0 Å². The van der Waals surface area contributed by atoms with Crippen LogP contribution >= 0.6 is 0 Å². The van der Waals surface area contributed by atoms with Crippen molar-refractivity contribution in [2.24, 2.45) is 5.14 Å². The van der Waals surface area contributed by atoms with Crippen LogP contribution in [0.25, 0.3) is 0 Å². The summed E-state index contributed by atoms with van der Waals surface area (Å²) in [4.78, 5) is 0. The highest BCUT2D eigenvalue weighted by atomic mass is 32.2. The van der Waals surface area contributed by atoms with Gasteiger partial charge in [0.2, 0.25) is 10.0 Å². The summed E-state index contributed by atoms with van der Waals surface area (Å²) in [6.45, 7) is 4.37. The fourth-order valence-corrected chi connectivity index (χ4v) is 1.63. The Kier molecular flexibility index (Phi) is 5.58. The lowest BCUT2D eigenvalue weighted by Crippen LogP contribution is -2.39. The summed E-state index contributed by atoms with van der Waals surface area (Å²) in [6, 6.07) is 0. The van der Waals surface area contributed by atoms with Crippen molar-refractivity contribution in [1.82, 2.24) is 5.32 Å². The molecular weight excluding hydrogens is 204 g/mol. The van der Waals surface area contributed by atoms with Gasteiger partial charge in [-0.2, -0.15) is 0 Å². The van der Waals surface area contributed by atoms with E-state index in [0.717, 1.165) is 6.42 Å². The van der Waals surface area contributed by atoms with E-state index in [0.29, 0.717) is 13.0 Å². The number of sulfonamides is 1. The molecule has 4 N–H and O–H groups in total. The van der Waals surface area contributed by atoms with Gasteiger partial charge in [0.15, 0.2) is 0 Å². The summed E-state index contributed by atoms with van der Waals surface area (Å²) in [6.07, 6.45) is 1.58. The first-order valence-electron chi connectivity index (χ1n) is 4.70. The molecule has 0 aliphatic rings. The Morgan fingerprint density at radius 3 is 2.50 bits per heavy atom. The Hall–Kier alpha value is -0.170. The van der Waals surface area contributed by atoms with Crippen LogP contribution in [0.2, 0.25) is 0 Å². The van der Waals surface area contributed by atoms with Crippen LogP contribution < -0.4 is 10.5 Å². The van der Waals surface area contributed by atoms with E-state index < -0.39 is 15.6 Å². The minimum absolute atomic E-state index is 0.102. The van der Waals surface area contributed by atoms with E-state index in [-0.39, 0.29) is 12.3 Å². The number of hydrogen-bond donors (Lipinski definition) is 3. The highest BCUT2D eigenvalue weighted by Crippen LogP contribution is 2.09. The molecule has 0 rings (SSSR count). The second-order valence-electron chi connectivity index (χ2n) is 3.79. The van der Waals surface area contributed by atoms with Crippen LogP contribution in [0.3, 0.4) is 0 Å². The van der Waals surface area contributed by atoms with Gasteiger partial charge in [0.1, 0.15) is 0 Å². The predicted octanol–water partition coefficient (Wildman–Crippen LogP) is -0.584. The van der Waals surface area contributed by atoms with Crippen LogP contribution in [0.15, 0.2) is 0 Å². The Bertz CT molecular complexity index is 249. The largest absolute Gasteiger partial charge is 0.389 e. The molecule has 0 aromatic heterocycles. The van der Waals surface area contributed by atoms with Crippen molar-refractivity contribution in [3.8, 4) is 0 Å². The van der Waals surface area contributed by atoms with Gasteiger partial charge in [0.05, 0.1) is 11.4 Å². The second-order valence-corrected chi connectivity index (χ2v) is 5.52. The summed E-state index contributed by atoms with van der Waals surface area (Å²) >= 11 is 0. The Morgan fingerprint density at radius 1 is 1.50 bits per heavy atom. The Morgan fingerprint density at radius 2 is 2.07 bits per heavy atom. The van der Waals surface area contributed by atoms with Crippen molar-refractivity contribution in [3.05, 3.63) is 0 Å². The summed E-state index contributed by atoms with van der Waals surface area (Å²) < 4.78 is 21.1. The standard InChI is InChI=1S/C8H20N2O3S/c1-3-4-8(2,11)7-10-5-6-14(9,12)13/h10-11H,3-7H2,1-2H3,(H2,9,12,13). The molecule has 0 aliphatic heterocycles. The van der Waals surface area contributed by atoms with Crippen LogP contribution in [0.4, 0.5) is 0 Å². The first kappa shape index (κ1) is 13.8. The monoisotopic (exact) mass is 224 g/mol. The van der Waals surface area contributed by atoms with Crippen LogP contribution in [-0.2, 0) is 10.0 Å². The summed E-state index contributed by atoms with van der Waals surface area (Å²) in [5.41, 5.74) is -0.771. The van der Waals surface area contributed by atoms with Gasteiger partial charge in [-0.05, 0) is 13.3 Å². The number of nitrogens with two attached hydrogens (primary N) is 1. The molecule has 0 saturated carbocycles. The Labute approximate surface area is 85.7 Å². The average Bonchev–Trinajstić information content (AvgIpc) is 1.96. The molecule has 14 heavy (non-hydrogen) atoms. The number of hydrogen-bond acceptors (Lipinski definition) is 4. The fourth-order valence-electron chi connectivity index (χ4n) is 1.20. The Balaban J connectivity index is 3.64. The molecule has 0 aromatic rings. The topological polar surface area (TPSA) is 92.4 Å². The van der Waals surface area contributed by atoms with Crippen molar-refractivity contribution in [1.29, 1.82) is 0 Å². The third kappa shape index (κ3) is 8.43. The molecule has 0 heterocycles. The molecule has 0 aromatic carbocycles. The molecule has 0 aliphatic carbocycles. The molecule has 1 atom stereocenters. The van der Waals surface area contributed by atoms with Gasteiger partial charge in [0, 0.05) is 13.1 Å². The molecule has 0 spiro atoms. The minimum Gasteiger partial charge on any atom is -0.389 e. The molecule has 6 heteroatoms. The summed E-state index contributed by atoms with van der Waals surface area (Å²) in [5, 5.41) is 17.4. The zero-order valence-corrected chi connectivity index (χ0v) is 9.60. The maximum atomic E-state index is 10.6. The maximum absolute atomic E-state index is 10.6. The van der Waals surface area contributed by atoms with Crippen LogP contribution in [0.1, 0.15) is 26.7 Å². The minimum atomic E-state index is -3.40. The van der Waals surface area contributed by atoms with Gasteiger partial charge in [-0.25, -0.2) is 13.6 Å². The molecule has 5 nitrogen and oxygen atoms in total. The first-order valence-corrected chi connectivity index (χ1v) is 6.42. The van der Waals surface area contributed by atoms with Gasteiger partial charge >= 0.3 is 0 Å². The van der Waals surface area contributed by atoms with Gasteiger partial charge < -0.3 is 10.4 Å². The van der Waals surface area contributed by atoms with Crippen molar-refractivity contribution in [2.75, 3.05) is 18.8 Å². The number of rotatable bonds is 7. The number of aliphatic hydroxyl groups is 1. The molecule has 0 amide bonds. The lowest BCUT2D eigenvalue weighted by atomic mass is 10.0. The smallest absolute Gasteiger partial charge is 0.210 e. The van der Waals surface area contributed by atoms with Crippen molar-refractivity contribution >= 4 is 10.0 Å². The molecule has 1 unspecified atom stereocenters. The lowest BCUT2D eigenvalue weighted by Gasteiger charge is -2.22. The predicted molar refractivity (Wildman–Crippen MR) is 56.4 cm³/mol. The van der Waals surface area contributed by atoms with Crippen molar-refractivity contribution in [3.63, 3.8) is 0 Å². The summed E-state index contributed by atoms with van der Waals surface area (Å²) in [5.74, 6) is -0.102. The van der Waals surface area contributed by atoms with E-state index in [1.807, 2.05) is 6.92 Å². The van der Waals surface area contributed by atoms with E-state index in [2.05, 4.69) is 5.32 Å². The van der Waals surface area contributed by atoms with Crippen molar-refractivity contribution < 1.29 is 13.5 Å². The fraction of sp³-hybridized carbons (Fsp3) is 1.00. The van der Waals surface area contributed by atoms with E-state index >= 15 is 0 Å². The third-order valence-corrected chi connectivity index (χ3v) is 2.63. The highest BCUT2D eigenvalue weighted by molar-refractivity contribution is 7.89. The normalized spacial score (nSPS) is 16.6. The first-order chi connectivity index (χ1) is 6.27. The number of primary sulfonamides is 1. The van der Waals surface area contributed by atoms with E-state index in [1.165, 1.54) is 0 Å². The van der Waals surface area contributed by atoms with Gasteiger partial charge in [-0.15, -0.1) is 0 Å². The maximum Gasteiger partial charge on any atom is 0.210 e. The molecular formula is C8H20N2O3S. The van der Waals surface area contributed by atoms with Crippen molar-refractivity contribution in [2.45, 2.75) is 32.3 Å².